The van der Waals surface area contributed by atoms with Gasteiger partial charge in [-0.2, -0.15) is 0 Å². The average Bonchev–Trinajstić information content (AvgIpc) is 3.35. The topological polar surface area (TPSA) is 46.1 Å². The molecule has 1 aliphatic heterocycles. The zero-order valence-corrected chi connectivity index (χ0v) is 14.0. The van der Waals surface area contributed by atoms with Gasteiger partial charge in [0.15, 0.2) is 0 Å². The molecule has 0 radical (unpaired) electrons. The largest absolute Gasteiger partial charge is 0.330 e. The van der Waals surface area contributed by atoms with Crippen LogP contribution in [0.2, 0.25) is 0 Å². The highest BCUT2D eigenvalue weighted by Crippen LogP contribution is 2.34. The molecule has 0 aliphatic carbocycles. The van der Waals surface area contributed by atoms with E-state index in [2.05, 4.69) is 9.97 Å². The summed E-state index contributed by atoms with van der Waals surface area (Å²) in [6, 6.07) is 8.12. The van der Waals surface area contributed by atoms with E-state index in [1.165, 1.54) is 11.3 Å². The molecule has 6 heteroatoms. The summed E-state index contributed by atoms with van der Waals surface area (Å²) in [5.74, 6) is 0.0235. The third-order valence-electron chi connectivity index (χ3n) is 4.04. The first-order valence-corrected chi connectivity index (χ1v) is 9.29. The first kappa shape index (κ1) is 14.5. The van der Waals surface area contributed by atoms with Gasteiger partial charge in [0.1, 0.15) is 10.7 Å². The van der Waals surface area contributed by atoms with Gasteiger partial charge in [-0.3, -0.25) is 9.78 Å². The summed E-state index contributed by atoms with van der Waals surface area (Å²) >= 11 is 3.18. The molecule has 1 fully saturated rings. The fraction of sp³-hybridized carbons (Fsp3) is 0.235. The second-order valence-corrected chi connectivity index (χ2v) is 7.26. The molecule has 0 saturated carbocycles. The van der Waals surface area contributed by atoms with Crippen LogP contribution in [-0.4, -0.2) is 27.3 Å². The molecular formula is C17H15N3OS2. The second-order valence-electron chi connectivity index (χ2n) is 5.46. The van der Waals surface area contributed by atoms with Gasteiger partial charge in [-0.25, -0.2) is 4.98 Å². The number of hydrogen-bond donors (Lipinski definition) is 0. The number of aromatic nitrogens is 2. The quantitative estimate of drug-likeness (QED) is 0.716. The number of nitrogens with zero attached hydrogens (tertiary/aromatic N) is 3. The van der Waals surface area contributed by atoms with Gasteiger partial charge in [-0.15, -0.1) is 22.7 Å². The Morgan fingerprint density at radius 3 is 3.00 bits per heavy atom. The van der Waals surface area contributed by atoms with Crippen LogP contribution in [0.5, 0.6) is 0 Å². The zero-order chi connectivity index (χ0) is 15.6. The first-order valence-electron chi connectivity index (χ1n) is 7.53. The van der Waals surface area contributed by atoms with Crippen molar-refractivity contribution in [2.45, 2.75) is 18.9 Å². The highest BCUT2D eigenvalue weighted by atomic mass is 32.1. The van der Waals surface area contributed by atoms with E-state index in [0.717, 1.165) is 34.8 Å². The van der Waals surface area contributed by atoms with Crippen molar-refractivity contribution in [3.8, 4) is 9.88 Å². The predicted octanol–water partition coefficient (Wildman–Crippen LogP) is 4.24. The van der Waals surface area contributed by atoms with E-state index in [4.69, 9.17) is 0 Å². The molecule has 1 aliphatic rings. The van der Waals surface area contributed by atoms with Crippen LogP contribution in [0.25, 0.3) is 9.88 Å². The Hall–Kier alpha value is -2.05. The van der Waals surface area contributed by atoms with Crippen LogP contribution in [0.4, 0.5) is 0 Å². The summed E-state index contributed by atoms with van der Waals surface area (Å²) in [6.07, 6.45) is 5.62. The average molecular weight is 341 g/mol. The van der Waals surface area contributed by atoms with Crippen molar-refractivity contribution < 1.29 is 4.79 Å². The maximum absolute atomic E-state index is 12.9. The third-order valence-corrected chi connectivity index (χ3v) is 5.92. The van der Waals surface area contributed by atoms with Crippen molar-refractivity contribution in [2.75, 3.05) is 6.54 Å². The van der Waals surface area contributed by atoms with E-state index in [9.17, 15) is 4.79 Å². The molecule has 4 rings (SSSR count). The van der Waals surface area contributed by atoms with Crippen molar-refractivity contribution >= 4 is 28.6 Å². The third kappa shape index (κ3) is 2.80. The van der Waals surface area contributed by atoms with Crippen LogP contribution in [0.1, 0.15) is 34.9 Å². The molecule has 1 saturated heterocycles. The second kappa shape index (κ2) is 6.22. The standard InChI is InChI=1S/C17H15N3OS2/c21-17(13-11-23-16(19-13)15-6-3-9-22-15)20-8-2-5-14(20)12-4-1-7-18-10-12/h1,3-4,6-7,9-11,14H,2,5,8H2/t14-/m1/s1. The normalized spacial score (nSPS) is 17.6. The molecule has 0 N–H and O–H groups in total. The molecule has 0 aromatic carbocycles. The number of pyridine rings is 1. The number of rotatable bonds is 3. The summed E-state index contributed by atoms with van der Waals surface area (Å²) in [5.41, 5.74) is 1.65. The van der Waals surface area contributed by atoms with Gasteiger partial charge < -0.3 is 4.90 Å². The molecule has 23 heavy (non-hydrogen) atoms. The van der Waals surface area contributed by atoms with Crippen LogP contribution >= 0.6 is 22.7 Å². The van der Waals surface area contributed by atoms with Gasteiger partial charge in [0.25, 0.3) is 5.91 Å². The minimum Gasteiger partial charge on any atom is -0.330 e. The summed E-state index contributed by atoms with van der Waals surface area (Å²) in [5, 5.41) is 4.81. The van der Waals surface area contributed by atoms with Crippen molar-refractivity contribution in [1.82, 2.24) is 14.9 Å². The van der Waals surface area contributed by atoms with Crippen molar-refractivity contribution in [1.29, 1.82) is 0 Å². The number of hydrogen-bond acceptors (Lipinski definition) is 5. The van der Waals surface area contributed by atoms with Crippen molar-refractivity contribution in [3.63, 3.8) is 0 Å². The Morgan fingerprint density at radius 1 is 1.26 bits per heavy atom. The monoisotopic (exact) mass is 341 g/mol. The number of amides is 1. The van der Waals surface area contributed by atoms with Gasteiger partial charge in [0, 0.05) is 24.3 Å². The molecule has 0 bridgehead atoms. The van der Waals surface area contributed by atoms with Gasteiger partial charge in [-0.05, 0) is 35.9 Å². The van der Waals surface area contributed by atoms with Crippen LogP contribution in [0.15, 0.2) is 47.4 Å². The van der Waals surface area contributed by atoms with Crippen molar-refractivity contribution in [3.05, 3.63) is 58.7 Å². The van der Waals surface area contributed by atoms with E-state index >= 15 is 0 Å². The summed E-state index contributed by atoms with van der Waals surface area (Å²) in [7, 11) is 0. The number of carbonyl (C=O) groups is 1. The molecule has 116 valence electrons. The van der Waals surface area contributed by atoms with Crippen LogP contribution in [0, 0.1) is 0 Å². The van der Waals surface area contributed by atoms with Crippen molar-refractivity contribution in [2.24, 2.45) is 0 Å². The van der Waals surface area contributed by atoms with Gasteiger partial charge >= 0.3 is 0 Å². The molecule has 0 unspecified atom stereocenters. The first-order chi connectivity index (χ1) is 11.3. The SMILES string of the molecule is O=C(c1csc(-c2cccs2)n1)N1CCC[C@@H]1c1cccnc1. The lowest BCUT2D eigenvalue weighted by Gasteiger charge is -2.24. The Bertz CT molecular complexity index is 798. The lowest BCUT2D eigenvalue weighted by molar-refractivity contribution is 0.0730. The van der Waals surface area contributed by atoms with E-state index in [0.29, 0.717) is 5.69 Å². The maximum Gasteiger partial charge on any atom is 0.273 e. The molecule has 0 spiro atoms. The molecule has 4 nitrogen and oxygen atoms in total. The van der Waals surface area contributed by atoms with E-state index < -0.39 is 0 Å². The number of carbonyl (C=O) groups excluding carboxylic acids is 1. The Labute approximate surface area is 142 Å². The smallest absolute Gasteiger partial charge is 0.273 e. The Kier molecular flexibility index (Phi) is 3.93. The minimum absolute atomic E-state index is 0.0235. The van der Waals surface area contributed by atoms with Gasteiger partial charge in [0.05, 0.1) is 10.9 Å². The predicted molar refractivity (Wildman–Crippen MR) is 92.7 cm³/mol. The molecule has 1 amide bonds. The maximum atomic E-state index is 12.9. The summed E-state index contributed by atoms with van der Waals surface area (Å²) < 4.78 is 0. The molecular weight excluding hydrogens is 326 g/mol. The van der Waals surface area contributed by atoms with Crippen LogP contribution in [-0.2, 0) is 0 Å². The molecule has 4 heterocycles. The fourth-order valence-electron chi connectivity index (χ4n) is 2.96. The molecule has 1 atom stereocenters. The van der Waals surface area contributed by atoms with E-state index in [1.807, 2.05) is 46.1 Å². The summed E-state index contributed by atoms with van der Waals surface area (Å²) in [6.45, 7) is 0.782. The fourth-order valence-corrected chi connectivity index (χ4v) is 4.57. The minimum atomic E-state index is 0.0235. The molecule has 3 aromatic heterocycles. The van der Waals surface area contributed by atoms with Gasteiger partial charge in [-0.1, -0.05) is 12.1 Å². The van der Waals surface area contributed by atoms with E-state index in [1.54, 1.807) is 17.5 Å². The highest BCUT2D eigenvalue weighted by molar-refractivity contribution is 7.20. The van der Waals surface area contributed by atoms with Gasteiger partial charge in [0.2, 0.25) is 0 Å². The molecule has 3 aromatic rings. The number of likely N-dealkylation sites (tertiary alicyclic amines) is 1. The van der Waals surface area contributed by atoms with Crippen LogP contribution < -0.4 is 0 Å². The zero-order valence-electron chi connectivity index (χ0n) is 12.4. The Morgan fingerprint density at radius 2 is 2.22 bits per heavy atom. The number of thiophene rings is 1. The number of thiazole rings is 1. The summed E-state index contributed by atoms with van der Waals surface area (Å²) in [4.78, 5) is 24.6. The lowest BCUT2D eigenvalue weighted by atomic mass is 10.1. The highest BCUT2D eigenvalue weighted by Gasteiger charge is 2.31. The Balaban J connectivity index is 1.59. The lowest BCUT2D eigenvalue weighted by Crippen LogP contribution is -2.30. The van der Waals surface area contributed by atoms with Crippen LogP contribution in [0.3, 0.4) is 0 Å². The van der Waals surface area contributed by atoms with E-state index in [-0.39, 0.29) is 11.9 Å².